The summed E-state index contributed by atoms with van der Waals surface area (Å²) in [5, 5.41) is 2.91. The van der Waals surface area contributed by atoms with E-state index in [0.717, 1.165) is 11.1 Å². The van der Waals surface area contributed by atoms with Gasteiger partial charge in [-0.1, -0.05) is 36.4 Å². The van der Waals surface area contributed by atoms with Gasteiger partial charge in [0, 0.05) is 0 Å². The second-order valence-corrected chi connectivity index (χ2v) is 5.14. The van der Waals surface area contributed by atoms with Crippen molar-refractivity contribution < 1.29 is 14.3 Å². The van der Waals surface area contributed by atoms with Crippen LogP contribution in [-0.4, -0.2) is 19.6 Å². The lowest BCUT2D eigenvalue weighted by molar-refractivity contribution is -0.123. The molecule has 0 heterocycles. The lowest BCUT2D eigenvalue weighted by atomic mass is 10.1. The molecule has 0 bridgehead atoms. The Balaban J connectivity index is 1.90. The smallest absolute Gasteiger partial charge is 0.258 e. The van der Waals surface area contributed by atoms with Crippen LogP contribution < -0.4 is 14.8 Å². The van der Waals surface area contributed by atoms with Crippen molar-refractivity contribution in [2.24, 2.45) is 0 Å². The highest BCUT2D eigenvalue weighted by atomic mass is 16.5. The number of rotatable bonds is 6. The fourth-order valence-electron chi connectivity index (χ4n) is 2.15. The highest BCUT2D eigenvalue weighted by molar-refractivity contribution is 5.78. The minimum atomic E-state index is -0.168. The first-order valence-corrected chi connectivity index (χ1v) is 7.22. The molecule has 0 aromatic heterocycles. The molecule has 4 heteroatoms. The van der Waals surface area contributed by atoms with Crippen molar-refractivity contribution in [3.05, 3.63) is 59.7 Å². The molecule has 0 spiro atoms. The fraction of sp³-hybridized carbons (Fsp3) is 0.278. The highest BCUT2D eigenvalue weighted by Crippen LogP contribution is 2.27. The summed E-state index contributed by atoms with van der Waals surface area (Å²) in [5.74, 6) is 1.03. The van der Waals surface area contributed by atoms with E-state index < -0.39 is 0 Å². The highest BCUT2D eigenvalue weighted by Gasteiger charge is 2.11. The summed E-state index contributed by atoms with van der Waals surface area (Å²) in [6.07, 6.45) is 0. The van der Waals surface area contributed by atoms with Crippen LogP contribution in [0.15, 0.2) is 48.5 Å². The van der Waals surface area contributed by atoms with E-state index in [1.165, 1.54) is 0 Å². The van der Waals surface area contributed by atoms with E-state index in [-0.39, 0.29) is 18.6 Å². The van der Waals surface area contributed by atoms with Crippen LogP contribution in [0.3, 0.4) is 0 Å². The van der Waals surface area contributed by atoms with Crippen molar-refractivity contribution in [2.45, 2.75) is 19.9 Å². The molecule has 0 saturated heterocycles. The Morgan fingerprint density at radius 3 is 2.55 bits per heavy atom. The lowest BCUT2D eigenvalue weighted by Crippen LogP contribution is -2.31. The van der Waals surface area contributed by atoms with E-state index >= 15 is 0 Å². The van der Waals surface area contributed by atoms with E-state index in [9.17, 15) is 4.79 Å². The van der Waals surface area contributed by atoms with Gasteiger partial charge in [-0.2, -0.15) is 0 Å². The van der Waals surface area contributed by atoms with E-state index in [4.69, 9.17) is 9.47 Å². The maximum Gasteiger partial charge on any atom is 0.258 e. The van der Waals surface area contributed by atoms with Crippen molar-refractivity contribution in [1.82, 2.24) is 5.32 Å². The van der Waals surface area contributed by atoms with Crippen LogP contribution in [0.25, 0.3) is 0 Å². The predicted molar refractivity (Wildman–Crippen MR) is 86.2 cm³/mol. The molecule has 0 radical (unpaired) electrons. The molecule has 0 aliphatic carbocycles. The summed E-state index contributed by atoms with van der Waals surface area (Å²) >= 11 is 0. The largest absolute Gasteiger partial charge is 0.493 e. The van der Waals surface area contributed by atoms with Crippen molar-refractivity contribution in [1.29, 1.82) is 0 Å². The Labute approximate surface area is 131 Å². The predicted octanol–water partition coefficient (Wildman–Crippen LogP) is 3.26. The van der Waals surface area contributed by atoms with Gasteiger partial charge in [-0.05, 0) is 37.1 Å². The molecule has 0 aliphatic heterocycles. The van der Waals surface area contributed by atoms with Gasteiger partial charge in [-0.25, -0.2) is 0 Å². The molecule has 0 saturated carbocycles. The van der Waals surface area contributed by atoms with Crippen LogP contribution >= 0.6 is 0 Å². The van der Waals surface area contributed by atoms with E-state index in [0.29, 0.717) is 11.5 Å². The second-order valence-electron chi connectivity index (χ2n) is 5.14. The third-order valence-electron chi connectivity index (χ3n) is 3.35. The van der Waals surface area contributed by atoms with Gasteiger partial charge in [0.2, 0.25) is 0 Å². The Morgan fingerprint density at radius 2 is 1.86 bits per heavy atom. The Kier molecular flexibility index (Phi) is 5.42. The first-order valence-electron chi connectivity index (χ1n) is 7.22. The molecular formula is C18H21NO3. The molecular weight excluding hydrogens is 278 g/mol. The monoisotopic (exact) mass is 299 g/mol. The molecule has 2 aromatic rings. The number of nitrogens with one attached hydrogen (secondary N) is 1. The van der Waals surface area contributed by atoms with Crippen LogP contribution in [0.4, 0.5) is 0 Å². The summed E-state index contributed by atoms with van der Waals surface area (Å²) in [4.78, 5) is 12.0. The van der Waals surface area contributed by atoms with Crippen LogP contribution in [0, 0.1) is 6.92 Å². The standard InChI is InChI=1S/C18H21NO3/c1-13-9-10-16(17(11-13)21-3)22-12-18(20)19-14(2)15-7-5-4-6-8-15/h4-11,14H,12H2,1-3H3,(H,19,20)/t14-/m0/s1. The van der Waals surface area contributed by atoms with Crippen molar-refractivity contribution >= 4 is 5.91 Å². The van der Waals surface area contributed by atoms with Crippen LogP contribution in [0.1, 0.15) is 24.1 Å². The zero-order valence-electron chi connectivity index (χ0n) is 13.1. The van der Waals surface area contributed by atoms with Crippen LogP contribution in [0.5, 0.6) is 11.5 Å². The van der Waals surface area contributed by atoms with Gasteiger partial charge < -0.3 is 14.8 Å². The Morgan fingerprint density at radius 1 is 1.14 bits per heavy atom. The molecule has 0 unspecified atom stereocenters. The second kappa shape index (κ2) is 7.50. The maximum absolute atomic E-state index is 12.0. The number of amides is 1. The van der Waals surface area contributed by atoms with Gasteiger partial charge >= 0.3 is 0 Å². The molecule has 116 valence electrons. The van der Waals surface area contributed by atoms with Gasteiger partial charge in [0.25, 0.3) is 5.91 Å². The minimum absolute atomic E-state index is 0.0450. The van der Waals surface area contributed by atoms with E-state index in [2.05, 4.69) is 5.32 Å². The number of ether oxygens (including phenoxy) is 2. The molecule has 0 fully saturated rings. The number of hydrogen-bond donors (Lipinski definition) is 1. The van der Waals surface area contributed by atoms with E-state index in [1.807, 2.05) is 62.4 Å². The first kappa shape index (κ1) is 15.9. The SMILES string of the molecule is COc1cc(C)ccc1OCC(=O)N[C@@H](C)c1ccccc1. The van der Waals surface area contributed by atoms with Gasteiger partial charge in [-0.15, -0.1) is 0 Å². The van der Waals surface area contributed by atoms with Gasteiger partial charge in [0.15, 0.2) is 18.1 Å². The number of carbonyl (C=O) groups excluding carboxylic acids is 1. The number of methoxy groups -OCH3 is 1. The normalized spacial score (nSPS) is 11.6. The zero-order valence-corrected chi connectivity index (χ0v) is 13.1. The summed E-state index contributed by atoms with van der Waals surface area (Å²) in [7, 11) is 1.58. The summed E-state index contributed by atoms with van der Waals surface area (Å²) in [6, 6.07) is 15.4. The lowest BCUT2D eigenvalue weighted by Gasteiger charge is -2.15. The van der Waals surface area contributed by atoms with E-state index in [1.54, 1.807) is 7.11 Å². The fourth-order valence-corrected chi connectivity index (χ4v) is 2.15. The third-order valence-corrected chi connectivity index (χ3v) is 3.35. The molecule has 1 N–H and O–H groups in total. The average molecular weight is 299 g/mol. The molecule has 2 rings (SSSR count). The number of benzene rings is 2. The molecule has 0 aliphatic rings. The molecule has 2 aromatic carbocycles. The molecule has 22 heavy (non-hydrogen) atoms. The Hall–Kier alpha value is -2.49. The third kappa shape index (κ3) is 4.25. The first-order chi connectivity index (χ1) is 10.6. The summed E-state index contributed by atoms with van der Waals surface area (Å²) < 4.78 is 10.8. The van der Waals surface area contributed by atoms with Crippen LogP contribution in [-0.2, 0) is 4.79 Å². The van der Waals surface area contributed by atoms with Crippen molar-refractivity contribution in [3.8, 4) is 11.5 Å². The number of carbonyl (C=O) groups is 1. The Bertz CT molecular complexity index is 625. The number of aryl methyl sites for hydroxylation is 1. The summed E-state index contributed by atoms with van der Waals surface area (Å²) in [5.41, 5.74) is 2.13. The minimum Gasteiger partial charge on any atom is -0.493 e. The maximum atomic E-state index is 12.0. The van der Waals surface area contributed by atoms with Crippen LogP contribution in [0.2, 0.25) is 0 Å². The summed E-state index contributed by atoms with van der Waals surface area (Å²) in [6.45, 7) is 3.87. The van der Waals surface area contributed by atoms with Gasteiger partial charge in [0.1, 0.15) is 0 Å². The molecule has 1 atom stereocenters. The number of hydrogen-bond acceptors (Lipinski definition) is 3. The quantitative estimate of drug-likeness (QED) is 0.890. The molecule has 4 nitrogen and oxygen atoms in total. The van der Waals surface area contributed by atoms with Crippen molar-refractivity contribution in [2.75, 3.05) is 13.7 Å². The van der Waals surface area contributed by atoms with Crippen molar-refractivity contribution in [3.63, 3.8) is 0 Å². The average Bonchev–Trinajstić information content (AvgIpc) is 2.54. The topological polar surface area (TPSA) is 47.6 Å². The zero-order chi connectivity index (χ0) is 15.9. The van der Waals surface area contributed by atoms with Gasteiger partial charge in [-0.3, -0.25) is 4.79 Å². The molecule has 1 amide bonds. The van der Waals surface area contributed by atoms with Gasteiger partial charge in [0.05, 0.1) is 13.2 Å².